The summed E-state index contributed by atoms with van der Waals surface area (Å²) in [6.07, 6.45) is 4.45. The maximum Gasteiger partial charge on any atom is 0.197 e. The minimum absolute atomic E-state index is 0.586. The van der Waals surface area contributed by atoms with Crippen molar-refractivity contribution in [3.05, 3.63) is 22.7 Å². The Hall–Kier alpha value is -0.440. The molecule has 8 heavy (non-hydrogen) atoms. The number of rotatable bonds is 0. The van der Waals surface area contributed by atoms with Gasteiger partial charge >= 0.3 is 0 Å². The van der Waals surface area contributed by atoms with Gasteiger partial charge in [0, 0.05) is 6.20 Å². The van der Waals surface area contributed by atoms with E-state index in [1.54, 1.807) is 6.20 Å². The van der Waals surface area contributed by atoms with Crippen LogP contribution in [0.1, 0.15) is 5.56 Å². The molecule has 0 saturated carbocycles. The van der Waals surface area contributed by atoms with E-state index < -0.39 is 0 Å². The topological polar surface area (TPSA) is 25.8 Å². The van der Waals surface area contributed by atoms with Crippen molar-refractivity contribution < 1.29 is 0 Å². The van der Waals surface area contributed by atoms with E-state index in [0.29, 0.717) is 4.73 Å². The molecule has 0 aliphatic carbocycles. The molecule has 0 unspecified atom stereocenters. The summed E-state index contributed by atoms with van der Waals surface area (Å²) in [4.78, 5) is 7.61. The summed E-state index contributed by atoms with van der Waals surface area (Å²) >= 11 is 3.09. The molecule has 0 fully saturated rings. The lowest BCUT2D eigenvalue weighted by Crippen LogP contribution is -1.81. The number of hydrogen-bond acceptors (Lipinski definition) is 2. The minimum atomic E-state index is 0.586. The molecule has 1 aromatic rings. The van der Waals surface area contributed by atoms with Gasteiger partial charge in [0.05, 0.1) is 6.20 Å². The van der Waals surface area contributed by atoms with Crippen molar-refractivity contribution in [3.8, 4) is 0 Å². The smallest absolute Gasteiger partial charge is 0.197 e. The van der Waals surface area contributed by atoms with Gasteiger partial charge < -0.3 is 0 Å². The zero-order valence-electron chi connectivity index (χ0n) is 4.35. The Morgan fingerprint density at radius 1 is 1.75 bits per heavy atom. The van der Waals surface area contributed by atoms with Gasteiger partial charge in [-0.3, -0.25) is 0 Å². The predicted octanol–water partition coefficient (Wildman–Crippen LogP) is 1.35. The molecule has 1 aromatic heterocycles. The molecule has 0 amide bonds. The quantitative estimate of drug-likeness (QED) is 0.552. The standard InChI is InChI=1S/C5H4BrN2/c1-4-2-7-5(6)8-3-4/h2H,1H3. The van der Waals surface area contributed by atoms with Crippen LogP contribution in [-0.4, -0.2) is 9.97 Å². The second-order valence-corrected chi connectivity index (χ2v) is 2.14. The molecule has 0 bridgehead atoms. The number of hydrogen-bond donors (Lipinski definition) is 0. The maximum absolute atomic E-state index is 3.85. The van der Waals surface area contributed by atoms with Gasteiger partial charge in [0.2, 0.25) is 0 Å². The normalized spacial score (nSPS) is 9.25. The number of aryl methyl sites for hydroxylation is 1. The maximum atomic E-state index is 3.85. The molecule has 0 aliphatic rings. The molecule has 1 heterocycles. The van der Waals surface area contributed by atoms with Gasteiger partial charge in [-0.1, -0.05) is 0 Å². The SMILES string of the molecule is Cc1[c]nc(Br)nc1. The predicted molar refractivity (Wildman–Crippen MR) is 33.3 cm³/mol. The Kier molecular flexibility index (Phi) is 1.58. The summed E-state index contributed by atoms with van der Waals surface area (Å²) in [5.74, 6) is 0. The van der Waals surface area contributed by atoms with Crippen LogP contribution in [0.3, 0.4) is 0 Å². The van der Waals surface area contributed by atoms with Gasteiger partial charge in [-0.15, -0.1) is 0 Å². The van der Waals surface area contributed by atoms with Crippen molar-refractivity contribution in [3.63, 3.8) is 0 Å². The van der Waals surface area contributed by atoms with Crippen LogP contribution in [0, 0.1) is 13.1 Å². The van der Waals surface area contributed by atoms with Crippen molar-refractivity contribution in [2.24, 2.45) is 0 Å². The summed E-state index contributed by atoms with van der Waals surface area (Å²) < 4.78 is 0.586. The van der Waals surface area contributed by atoms with Crippen molar-refractivity contribution >= 4 is 15.9 Å². The Morgan fingerprint density at radius 2 is 2.50 bits per heavy atom. The van der Waals surface area contributed by atoms with E-state index in [4.69, 9.17) is 0 Å². The monoisotopic (exact) mass is 171 g/mol. The van der Waals surface area contributed by atoms with E-state index >= 15 is 0 Å². The highest BCUT2D eigenvalue weighted by Gasteiger charge is 1.85. The van der Waals surface area contributed by atoms with Crippen LogP contribution >= 0.6 is 15.9 Å². The molecular formula is C5H4BrN2. The Bertz CT molecular complexity index is 149. The van der Waals surface area contributed by atoms with E-state index in [1.165, 1.54) is 0 Å². The first-order chi connectivity index (χ1) is 3.79. The average molecular weight is 172 g/mol. The molecule has 0 N–H and O–H groups in total. The number of halogens is 1. The fourth-order valence-electron chi connectivity index (χ4n) is 0.342. The molecule has 3 heteroatoms. The van der Waals surface area contributed by atoms with Crippen LogP contribution in [0.2, 0.25) is 0 Å². The molecule has 0 aromatic carbocycles. The van der Waals surface area contributed by atoms with E-state index in [9.17, 15) is 0 Å². The van der Waals surface area contributed by atoms with E-state index in [2.05, 4.69) is 32.1 Å². The first-order valence-corrected chi connectivity index (χ1v) is 2.95. The highest BCUT2D eigenvalue weighted by molar-refractivity contribution is 9.10. The van der Waals surface area contributed by atoms with Gasteiger partial charge in [-0.05, 0) is 28.4 Å². The van der Waals surface area contributed by atoms with E-state index in [0.717, 1.165) is 5.56 Å². The van der Waals surface area contributed by atoms with Crippen molar-refractivity contribution in [1.82, 2.24) is 9.97 Å². The molecule has 0 saturated heterocycles. The lowest BCUT2D eigenvalue weighted by molar-refractivity contribution is 1.07. The lowest BCUT2D eigenvalue weighted by Gasteiger charge is -1.85. The Labute approximate surface area is 56.1 Å². The largest absolute Gasteiger partial charge is 0.230 e. The number of aromatic nitrogens is 2. The molecule has 0 atom stereocenters. The zero-order valence-corrected chi connectivity index (χ0v) is 5.94. The molecule has 0 aliphatic heterocycles. The second kappa shape index (κ2) is 2.22. The fourth-order valence-corrected chi connectivity index (χ4v) is 0.533. The second-order valence-electron chi connectivity index (χ2n) is 1.43. The number of nitrogens with zero attached hydrogens (tertiary/aromatic N) is 2. The van der Waals surface area contributed by atoms with Crippen molar-refractivity contribution in [1.29, 1.82) is 0 Å². The van der Waals surface area contributed by atoms with Crippen LogP contribution in [-0.2, 0) is 0 Å². The van der Waals surface area contributed by atoms with Crippen LogP contribution in [0.5, 0.6) is 0 Å². The van der Waals surface area contributed by atoms with Crippen molar-refractivity contribution in [2.75, 3.05) is 0 Å². The van der Waals surface area contributed by atoms with Crippen molar-refractivity contribution in [2.45, 2.75) is 6.92 Å². The van der Waals surface area contributed by atoms with Crippen LogP contribution in [0.15, 0.2) is 10.9 Å². The minimum Gasteiger partial charge on any atom is -0.230 e. The zero-order chi connectivity index (χ0) is 5.98. The first-order valence-electron chi connectivity index (χ1n) is 2.16. The van der Waals surface area contributed by atoms with Crippen LogP contribution in [0.25, 0.3) is 0 Å². The average Bonchev–Trinajstić information content (AvgIpc) is 1.77. The molecular weight excluding hydrogens is 168 g/mol. The molecule has 1 rings (SSSR count). The molecule has 1 radical (unpaired) electrons. The highest BCUT2D eigenvalue weighted by Crippen LogP contribution is 1.98. The van der Waals surface area contributed by atoms with E-state index in [1.807, 2.05) is 6.92 Å². The third-order valence-corrected chi connectivity index (χ3v) is 1.07. The van der Waals surface area contributed by atoms with Crippen LogP contribution in [0.4, 0.5) is 0 Å². The first kappa shape index (κ1) is 5.69. The van der Waals surface area contributed by atoms with Gasteiger partial charge in [0.15, 0.2) is 4.73 Å². The molecule has 0 spiro atoms. The summed E-state index contributed by atoms with van der Waals surface area (Å²) in [6, 6.07) is 0. The van der Waals surface area contributed by atoms with Gasteiger partial charge in [0.25, 0.3) is 0 Å². The fraction of sp³-hybridized carbons (Fsp3) is 0.200. The Morgan fingerprint density at radius 3 is 2.88 bits per heavy atom. The van der Waals surface area contributed by atoms with Gasteiger partial charge in [-0.25, -0.2) is 9.97 Å². The Balaban J connectivity index is 3.03. The third kappa shape index (κ3) is 1.26. The molecule has 41 valence electrons. The summed E-state index contributed by atoms with van der Waals surface area (Å²) in [6.45, 7) is 1.90. The summed E-state index contributed by atoms with van der Waals surface area (Å²) in [7, 11) is 0. The molecule has 2 nitrogen and oxygen atoms in total. The van der Waals surface area contributed by atoms with E-state index in [-0.39, 0.29) is 0 Å². The highest BCUT2D eigenvalue weighted by atomic mass is 79.9. The lowest BCUT2D eigenvalue weighted by atomic mass is 10.4. The summed E-state index contributed by atoms with van der Waals surface area (Å²) in [5.41, 5.74) is 0.952. The third-order valence-electron chi connectivity index (χ3n) is 0.689. The van der Waals surface area contributed by atoms with Crippen LogP contribution < -0.4 is 0 Å². The van der Waals surface area contributed by atoms with Gasteiger partial charge in [0.1, 0.15) is 0 Å². The van der Waals surface area contributed by atoms with Gasteiger partial charge in [-0.2, -0.15) is 0 Å². The summed E-state index contributed by atoms with van der Waals surface area (Å²) in [5, 5.41) is 0.